The number of carboxylic acids is 1. The second-order valence-electron chi connectivity index (χ2n) is 5.23. The van der Waals surface area contributed by atoms with Crippen molar-refractivity contribution in [3.8, 4) is 0 Å². The first-order valence-corrected chi connectivity index (χ1v) is 7.56. The largest absolute Gasteiger partial charge is 0.478 e. The lowest BCUT2D eigenvalue weighted by molar-refractivity contribution is 0.0697. The maximum absolute atomic E-state index is 10.7. The van der Waals surface area contributed by atoms with Crippen LogP contribution in [0.3, 0.4) is 0 Å². The number of aryl methyl sites for hydroxylation is 1. The van der Waals surface area contributed by atoms with Gasteiger partial charge in [0.1, 0.15) is 0 Å². The molecule has 0 unspecified atom stereocenters. The Bertz CT molecular complexity index is 360. The molecule has 3 heteroatoms. The summed E-state index contributed by atoms with van der Waals surface area (Å²) in [7, 11) is 0. The Morgan fingerprint density at radius 2 is 1.40 bits per heavy atom. The highest BCUT2D eigenvalue weighted by Gasteiger charge is 2.01. The Labute approximate surface area is 129 Å². The van der Waals surface area contributed by atoms with Crippen molar-refractivity contribution in [1.29, 1.82) is 0 Å². The molecule has 0 saturated heterocycles. The van der Waals surface area contributed by atoms with Gasteiger partial charge in [0, 0.05) is 0 Å². The number of unbranched alkanes of at least 4 members (excludes halogenated alkanes) is 7. The SMILES string of the molecule is CCCCCCCCCCc1ccc(C(=O)O)cc1.Cl. The first-order chi connectivity index (χ1) is 9.24. The van der Waals surface area contributed by atoms with Crippen LogP contribution in [0, 0.1) is 0 Å². The van der Waals surface area contributed by atoms with Gasteiger partial charge in [-0.3, -0.25) is 0 Å². The molecule has 2 nitrogen and oxygen atoms in total. The third-order valence-corrected chi connectivity index (χ3v) is 3.52. The number of carboxylic acid groups (broad SMARTS) is 1. The average molecular weight is 299 g/mol. The van der Waals surface area contributed by atoms with Gasteiger partial charge >= 0.3 is 5.97 Å². The second-order valence-corrected chi connectivity index (χ2v) is 5.23. The molecule has 1 aromatic rings. The van der Waals surface area contributed by atoms with Gasteiger partial charge in [-0.1, -0.05) is 64.0 Å². The summed E-state index contributed by atoms with van der Waals surface area (Å²) in [4.78, 5) is 10.7. The third kappa shape index (κ3) is 8.21. The summed E-state index contributed by atoms with van der Waals surface area (Å²) in [5.74, 6) is -0.848. The van der Waals surface area contributed by atoms with Crippen molar-refractivity contribution in [1.82, 2.24) is 0 Å². The summed E-state index contributed by atoms with van der Waals surface area (Å²) in [6.45, 7) is 2.25. The predicted octanol–water partition coefficient (Wildman–Crippen LogP) is 5.49. The van der Waals surface area contributed by atoms with Crippen LogP contribution in [0.5, 0.6) is 0 Å². The predicted molar refractivity (Wildman–Crippen MR) is 87.0 cm³/mol. The molecule has 20 heavy (non-hydrogen) atoms. The van der Waals surface area contributed by atoms with Crippen molar-refractivity contribution >= 4 is 18.4 Å². The van der Waals surface area contributed by atoms with Crippen molar-refractivity contribution in [3.05, 3.63) is 35.4 Å². The fourth-order valence-corrected chi connectivity index (χ4v) is 2.28. The maximum Gasteiger partial charge on any atom is 0.335 e. The highest BCUT2D eigenvalue weighted by Crippen LogP contribution is 2.12. The van der Waals surface area contributed by atoms with Gasteiger partial charge in [-0.15, -0.1) is 12.4 Å². The van der Waals surface area contributed by atoms with Crippen LogP contribution >= 0.6 is 12.4 Å². The summed E-state index contributed by atoms with van der Waals surface area (Å²) in [6.07, 6.45) is 11.7. The van der Waals surface area contributed by atoms with E-state index in [0.29, 0.717) is 5.56 Å². The molecule has 1 aromatic carbocycles. The topological polar surface area (TPSA) is 37.3 Å². The van der Waals surface area contributed by atoms with Crippen LogP contribution in [-0.4, -0.2) is 11.1 Å². The zero-order valence-corrected chi connectivity index (χ0v) is 13.3. The lowest BCUT2D eigenvalue weighted by Gasteiger charge is -2.03. The highest BCUT2D eigenvalue weighted by atomic mass is 35.5. The lowest BCUT2D eigenvalue weighted by atomic mass is 10.0. The number of hydrogen-bond donors (Lipinski definition) is 1. The number of aromatic carboxylic acids is 1. The molecule has 0 saturated carbocycles. The van der Waals surface area contributed by atoms with Crippen molar-refractivity contribution in [2.24, 2.45) is 0 Å². The Balaban J connectivity index is 0.00000361. The van der Waals surface area contributed by atoms with E-state index in [1.165, 1.54) is 56.9 Å². The van der Waals surface area contributed by atoms with Gasteiger partial charge in [0.05, 0.1) is 5.56 Å². The fourth-order valence-electron chi connectivity index (χ4n) is 2.28. The molecule has 0 fully saturated rings. The van der Waals surface area contributed by atoms with Crippen LogP contribution in [0.15, 0.2) is 24.3 Å². The second kappa shape index (κ2) is 11.8. The molecule has 0 bridgehead atoms. The molecule has 0 heterocycles. The minimum absolute atomic E-state index is 0. The van der Waals surface area contributed by atoms with Crippen molar-refractivity contribution in [2.75, 3.05) is 0 Å². The van der Waals surface area contributed by atoms with E-state index in [1.54, 1.807) is 12.1 Å². The molecule has 1 N–H and O–H groups in total. The van der Waals surface area contributed by atoms with Crippen molar-refractivity contribution in [2.45, 2.75) is 64.7 Å². The zero-order valence-electron chi connectivity index (χ0n) is 12.4. The number of carbonyl (C=O) groups is 1. The Hall–Kier alpha value is -1.02. The van der Waals surface area contributed by atoms with Crippen molar-refractivity contribution in [3.63, 3.8) is 0 Å². The van der Waals surface area contributed by atoms with E-state index in [2.05, 4.69) is 6.92 Å². The van der Waals surface area contributed by atoms with E-state index in [4.69, 9.17) is 5.11 Å². The fraction of sp³-hybridized carbons (Fsp3) is 0.588. The van der Waals surface area contributed by atoms with Gasteiger partial charge in [-0.2, -0.15) is 0 Å². The van der Waals surface area contributed by atoms with E-state index in [0.717, 1.165) is 6.42 Å². The summed E-state index contributed by atoms with van der Waals surface area (Å²) in [5, 5.41) is 8.81. The number of rotatable bonds is 10. The van der Waals surface area contributed by atoms with Crippen LogP contribution in [0.1, 0.15) is 74.2 Å². The molecule has 0 aliphatic rings. The molecular weight excluding hydrogens is 272 g/mol. The molecule has 0 amide bonds. The lowest BCUT2D eigenvalue weighted by Crippen LogP contribution is -1.96. The molecule has 114 valence electrons. The Morgan fingerprint density at radius 3 is 1.90 bits per heavy atom. The van der Waals surface area contributed by atoms with Gasteiger partial charge in [0.2, 0.25) is 0 Å². The molecule has 1 rings (SSSR count). The molecule has 0 aromatic heterocycles. The number of hydrogen-bond acceptors (Lipinski definition) is 1. The maximum atomic E-state index is 10.7. The summed E-state index contributed by atoms with van der Waals surface area (Å²) in [5.41, 5.74) is 1.62. The Kier molecular flexibility index (Phi) is 11.2. The summed E-state index contributed by atoms with van der Waals surface area (Å²) in [6, 6.07) is 7.26. The van der Waals surface area contributed by atoms with E-state index in [1.807, 2.05) is 12.1 Å². The van der Waals surface area contributed by atoms with Gasteiger partial charge < -0.3 is 5.11 Å². The van der Waals surface area contributed by atoms with Gasteiger partial charge in [-0.05, 0) is 30.5 Å². The van der Waals surface area contributed by atoms with Crippen LogP contribution in [0.4, 0.5) is 0 Å². The molecule has 0 aliphatic carbocycles. The molecular formula is C17H27ClO2. The van der Waals surface area contributed by atoms with Gasteiger partial charge in [0.15, 0.2) is 0 Å². The number of benzene rings is 1. The van der Waals surface area contributed by atoms with E-state index in [-0.39, 0.29) is 12.4 Å². The standard InChI is InChI=1S/C17H26O2.ClH/c1-2-3-4-5-6-7-8-9-10-15-11-13-16(14-12-15)17(18)19;/h11-14H,2-10H2,1H3,(H,18,19);1H. The van der Waals surface area contributed by atoms with E-state index in [9.17, 15) is 4.79 Å². The molecule has 0 aliphatic heterocycles. The van der Waals surface area contributed by atoms with Crippen LogP contribution in [-0.2, 0) is 6.42 Å². The van der Waals surface area contributed by atoms with Crippen LogP contribution < -0.4 is 0 Å². The van der Waals surface area contributed by atoms with Gasteiger partial charge in [-0.25, -0.2) is 4.79 Å². The minimum atomic E-state index is -0.848. The first-order valence-electron chi connectivity index (χ1n) is 7.56. The highest BCUT2D eigenvalue weighted by molar-refractivity contribution is 5.87. The first kappa shape index (κ1) is 19.0. The van der Waals surface area contributed by atoms with Crippen LogP contribution in [0.2, 0.25) is 0 Å². The molecule has 0 radical (unpaired) electrons. The average Bonchev–Trinajstić information content (AvgIpc) is 2.42. The third-order valence-electron chi connectivity index (χ3n) is 3.52. The Morgan fingerprint density at radius 1 is 0.900 bits per heavy atom. The minimum Gasteiger partial charge on any atom is -0.478 e. The normalized spacial score (nSPS) is 10.1. The van der Waals surface area contributed by atoms with Crippen LogP contribution in [0.25, 0.3) is 0 Å². The van der Waals surface area contributed by atoms with E-state index >= 15 is 0 Å². The van der Waals surface area contributed by atoms with E-state index < -0.39 is 5.97 Å². The van der Waals surface area contributed by atoms with Crippen molar-refractivity contribution < 1.29 is 9.90 Å². The molecule has 0 atom stereocenters. The summed E-state index contributed by atoms with van der Waals surface area (Å²) < 4.78 is 0. The molecule has 0 spiro atoms. The summed E-state index contributed by atoms with van der Waals surface area (Å²) >= 11 is 0. The van der Waals surface area contributed by atoms with Gasteiger partial charge in [0.25, 0.3) is 0 Å². The monoisotopic (exact) mass is 298 g/mol. The smallest absolute Gasteiger partial charge is 0.335 e. The zero-order chi connectivity index (χ0) is 13.9. The number of halogens is 1. The quantitative estimate of drug-likeness (QED) is 0.580.